The highest BCUT2D eigenvalue weighted by atomic mass is 35.5. The van der Waals surface area contributed by atoms with Gasteiger partial charge in [0, 0.05) is 12.3 Å². The number of anilines is 1. The van der Waals surface area contributed by atoms with Gasteiger partial charge in [0.15, 0.2) is 5.69 Å². The highest BCUT2D eigenvalue weighted by Gasteiger charge is 2.24. The summed E-state index contributed by atoms with van der Waals surface area (Å²) in [6.07, 6.45) is 3.67. The maximum absolute atomic E-state index is 12.7. The Hall–Kier alpha value is -3.13. The molecule has 1 atom stereocenters. The molecular formula is C19H21ClN6O2. The Balaban J connectivity index is 1.73. The normalized spacial score (nSPS) is 12.0. The second-order valence-electron chi connectivity index (χ2n) is 6.71. The zero-order chi connectivity index (χ0) is 20.1. The van der Waals surface area contributed by atoms with Crippen molar-refractivity contribution in [1.29, 1.82) is 0 Å². The van der Waals surface area contributed by atoms with E-state index >= 15 is 0 Å². The van der Waals surface area contributed by atoms with Crippen LogP contribution in [0.3, 0.4) is 0 Å². The van der Waals surface area contributed by atoms with Gasteiger partial charge < -0.3 is 10.6 Å². The topological polar surface area (TPSA) is 105 Å². The molecule has 0 fully saturated rings. The molecule has 0 aliphatic rings. The third-order valence-electron chi connectivity index (χ3n) is 4.01. The number of benzene rings is 1. The molecule has 3 N–H and O–H groups in total. The van der Waals surface area contributed by atoms with Crippen molar-refractivity contribution >= 4 is 29.2 Å². The lowest BCUT2D eigenvalue weighted by Crippen LogP contribution is -2.44. The van der Waals surface area contributed by atoms with Gasteiger partial charge in [-0.15, -0.1) is 0 Å². The fourth-order valence-corrected chi connectivity index (χ4v) is 2.92. The van der Waals surface area contributed by atoms with Crippen molar-refractivity contribution in [3.8, 4) is 5.69 Å². The standard InChI is InChI=1S/C19H21ClN6O2/c1-12(2)11-15(19(28)23-17-7-9-21-24-17)22-18(27)14-8-10-26(25-14)16-6-4-3-5-13(16)20/h3-10,12,15H,11H2,1-2H3,(H,22,27)(H2,21,23,24,28). The van der Waals surface area contributed by atoms with E-state index < -0.39 is 11.9 Å². The number of hydrogen-bond donors (Lipinski definition) is 3. The van der Waals surface area contributed by atoms with E-state index in [1.807, 2.05) is 26.0 Å². The minimum absolute atomic E-state index is 0.197. The van der Waals surface area contributed by atoms with E-state index in [9.17, 15) is 9.59 Å². The lowest BCUT2D eigenvalue weighted by Gasteiger charge is -2.19. The first kappa shape index (κ1) is 19.6. The smallest absolute Gasteiger partial charge is 0.272 e. The van der Waals surface area contributed by atoms with Crippen LogP contribution >= 0.6 is 11.6 Å². The minimum Gasteiger partial charge on any atom is -0.339 e. The minimum atomic E-state index is -0.707. The van der Waals surface area contributed by atoms with Crippen molar-refractivity contribution in [3.63, 3.8) is 0 Å². The van der Waals surface area contributed by atoms with Gasteiger partial charge in [0.1, 0.15) is 11.9 Å². The Kier molecular flexibility index (Phi) is 6.10. The van der Waals surface area contributed by atoms with Crippen LogP contribution < -0.4 is 10.6 Å². The molecule has 9 heteroatoms. The molecule has 2 aromatic heterocycles. The summed E-state index contributed by atoms with van der Waals surface area (Å²) in [6.45, 7) is 3.96. The van der Waals surface area contributed by atoms with E-state index in [-0.39, 0.29) is 17.5 Å². The van der Waals surface area contributed by atoms with E-state index in [2.05, 4.69) is 25.9 Å². The molecule has 0 bridgehead atoms. The van der Waals surface area contributed by atoms with Gasteiger partial charge in [0.05, 0.1) is 16.9 Å². The second kappa shape index (κ2) is 8.71. The van der Waals surface area contributed by atoms with Crippen LogP contribution in [-0.4, -0.2) is 37.8 Å². The van der Waals surface area contributed by atoms with Crippen LogP contribution in [0.4, 0.5) is 5.82 Å². The summed E-state index contributed by atoms with van der Waals surface area (Å²) in [7, 11) is 0. The van der Waals surface area contributed by atoms with Crippen molar-refractivity contribution in [2.75, 3.05) is 5.32 Å². The lowest BCUT2D eigenvalue weighted by atomic mass is 10.0. The quantitative estimate of drug-likeness (QED) is 0.566. The predicted octanol–water partition coefficient (Wildman–Crippen LogP) is 3.03. The molecule has 0 radical (unpaired) electrons. The molecule has 2 heterocycles. The molecule has 146 valence electrons. The van der Waals surface area contributed by atoms with Gasteiger partial charge >= 0.3 is 0 Å². The number of H-pyrrole nitrogens is 1. The van der Waals surface area contributed by atoms with E-state index in [0.717, 1.165) is 0 Å². The fraction of sp³-hybridized carbons (Fsp3) is 0.263. The van der Waals surface area contributed by atoms with Crippen molar-refractivity contribution in [2.45, 2.75) is 26.3 Å². The number of aromatic amines is 1. The number of nitrogens with zero attached hydrogens (tertiary/aromatic N) is 3. The summed E-state index contributed by atoms with van der Waals surface area (Å²) in [5, 5.41) is 16.7. The Morgan fingerprint density at radius 3 is 2.68 bits per heavy atom. The summed E-state index contributed by atoms with van der Waals surface area (Å²) in [6, 6.07) is 9.71. The van der Waals surface area contributed by atoms with Crippen molar-refractivity contribution in [2.24, 2.45) is 5.92 Å². The highest BCUT2D eigenvalue weighted by Crippen LogP contribution is 2.19. The Labute approximate surface area is 167 Å². The molecule has 28 heavy (non-hydrogen) atoms. The van der Waals surface area contributed by atoms with E-state index in [1.165, 1.54) is 10.9 Å². The van der Waals surface area contributed by atoms with Gasteiger partial charge in [-0.25, -0.2) is 4.68 Å². The summed E-state index contributed by atoms with van der Waals surface area (Å²) in [5.74, 6) is -0.0810. The average Bonchev–Trinajstić information content (AvgIpc) is 3.33. The van der Waals surface area contributed by atoms with Crippen molar-refractivity contribution in [1.82, 2.24) is 25.3 Å². The fourth-order valence-electron chi connectivity index (χ4n) is 2.70. The van der Waals surface area contributed by atoms with Gasteiger partial charge in [-0.2, -0.15) is 10.2 Å². The number of rotatable bonds is 7. The maximum Gasteiger partial charge on any atom is 0.272 e. The number of hydrogen-bond acceptors (Lipinski definition) is 4. The summed E-state index contributed by atoms with van der Waals surface area (Å²) < 4.78 is 1.53. The third-order valence-corrected chi connectivity index (χ3v) is 4.33. The Morgan fingerprint density at radius 1 is 1.21 bits per heavy atom. The zero-order valence-electron chi connectivity index (χ0n) is 15.5. The van der Waals surface area contributed by atoms with E-state index in [0.29, 0.717) is 22.9 Å². The molecule has 8 nitrogen and oxygen atoms in total. The molecule has 3 aromatic rings. The number of nitrogens with one attached hydrogen (secondary N) is 3. The molecule has 3 rings (SSSR count). The van der Waals surface area contributed by atoms with Crippen LogP contribution in [0.1, 0.15) is 30.8 Å². The molecule has 0 spiro atoms. The van der Waals surface area contributed by atoms with Gasteiger partial charge in [-0.05, 0) is 30.5 Å². The number of carbonyl (C=O) groups is 2. The van der Waals surface area contributed by atoms with Gasteiger partial charge in [0.2, 0.25) is 5.91 Å². The molecule has 1 aromatic carbocycles. The predicted molar refractivity (Wildman–Crippen MR) is 107 cm³/mol. The molecule has 0 aliphatic heterocycles. The van der Waals surface area contributed by atoms with Crippen molar-refractivity contribution in [3.05, 3.63) is 59.5 Å². The third kappa shape index (κ3) is 4.77. The lowest BCUT2D eigenvalue weighted by molar-refractivity contribution is -0.118. The number of carbonyl (C=O) groups excluding carboxylic acids is 2. The van der Waals surface area contributed by atoms with Crippen molar-refractivity contribution < 1.29 is 9.59 Å². The summed E-state index contributed by atoms with van der Waals surface area (Å²) >= 11 is 6.18. The Bertz CT molecular complexity index is 951. The average molecular weight is 401 g/mol. The molecule has 0 aliphatic carbocycles. The molecular weight excluding hydrogens is 380 g/mol. The summed E-state index contributed by atoms with van der Waals surface area (Å²) in [4.78, 5) is 25.2. The van der Waals surface area contributed by atoms with Crippen LogP contribution in [0, 0.1) is 5.92 Å². The van der Waals surface area contributed by atoms with Crippen LogP contribution in [0.2, 0.25) is 5.02 Å². The number of halogens is 1. The number of aromatic nitrogens is 4. The first-order valence-corrected chi connectivity index (χ1v) is 9.23. The van der Waals surface area contributed by atoms with Crippen LogP contribution in [0.15, 0.2) is 48.8 Å². The zero-order valence-corrected chi connectivity index (χ0v) is 16.3. The monoisotopic (exact) mass is 400 g/mol. The second-order valence-corrected chi connectivity index (χ2v) is 7.12. The number of para-hydroxylation sites is 1. The van der Waals surface area contributed by atoms with Gasteiger partial charge in [0.25, 0.3) is 5.91 Å². The number of amides is 2. The first-order valence-electron chi connectivity index (χ1n) is 8.85. The summed E-state index contributed by atoms with van der Waals surface area (Å²) in [5.41, 5.74) is 0.863. The van der Waals surface area contributed by atoms with Crippen LogP contribution in [0.25, 0.3) is 5.69 Å². The Morgan fingerprint density at radius 2 is 2.00 bits per heavy atom. The maximum atomic E-state index is 12.7. The van der Waals surface area contributed by atoms with E-state index in [4.69, 9.17) is 11.6 Å². The van der Waals surface area contributed by atoms with Crippen LogP contribution in [0.5, 0.6) is 0 Å². The molecule has 0 saturated heterocycles. The largest absolute Gasteiger partial charge is 0.339 e. The molecule has 2 amide bonds. The molecule has 1 unspecified atom stereocenters. The van der Waals surface area contributed by atoms with Crippen LogP contribution in [-0.2, 0) is 4.79 Å². The SMILES string of the molecule is CC(C)CC(NC(=O)c1ccn(-c2ccccc2Cl)n1)C(=O)Nc1ccn[nH]1. The highest BCUT2D eigenvalue weighted by molar-refractivity contribution is 6.32. The molecule has 0 saturated carbocycles. The van der Waals surface area contributed by atoms with Gasteiger partial charge in [-0.1, -0.05) is 37.6 Å². The van der Waals surface area contributed by atoms with E-state index in [1.54, 1.807) is 30.5 Å². The van der Waals surface area contributed by atoms with Gasteiger partial charge in [-0.3, -0.25) is 14.7 Å². The first-order chi connectivity index (χ1) is 13.4.